The Morgan fingerprint density at radius 3 is 3.00 bits per heavy atom. The SMILES string of the molecule is Cc1cc2c(NCCC(=O)NC(C)C)nccn2n1. The first-order chi connectivity index (χ1) is 9.06. The number of hydrogen-bond donors (Lipinski definition) is 2. The Bertz CT molecular complexity index is 575. The molecular weight excluding hydrogens is 242 g/mol. The van der Waals surface area contributed by atoms with Crippen molar-refractivity contribution in [1.29, 1.82) is 0 Å². The Labute approximate surface area is 112 Å². The first kappa shape index (κ1) is 13.3. The molecule has 1 amide bonds. The molecule has 0 saturated heterocycles. The van der Waals surface area contributed by atoms with Gasteiger partial charge in [0.25, 0.3) is 0 Å². The third-order valence-electron chi connectivity index (χ3n) is 2.61. The molecule has 0 aliphatic rings. The van der Waals surface area contributed by atoms with Crippen molar-refractivity contribution in [3.63, 3.8) is 0 Å². The zero-order valence-electron chi connectivity index (χ0n) is 11.5. The van der Waals surface area contributed by atoms with Crippen LogP contribution in [0.4, 0.5) is 5.82 Å². The quantitative estimate of drug-likeness (QED) is 0.852. The molecule has 6 heteroatoms. The minimum absolute atomic E-state index is 0.0409. The molecule has 0 fully saturated rings. The molecule has 102 valence electrons. The Morgan fingerprint density at radius 1 is 1.47 bits per heavy atom. The van der Waals surface area contributed by atoms with Crippen LogP contribution in [-0.4, -0.2) is 33.1 Å². The third-order valence-corrected chi connectivity index (χ3v) is 2.61. The van der Waals surface area contributed by atoms with Crippen molar-refractivity contribution in [1.82, 2.24) is 19.9 Å². The molecule has 2 heterocycles. The predicted molar refractivity (Wildman–Crippen MR) is 74.1 cm³/mol. The van der Waals surface area contributed by atoms with Crippen molar-refractivity contribution in [3.05, 3.63) is 24.2 Å². The molecule has 2 N–H and O–H groups in total. The average molecular weight is 261 g/mol. The van der Waals surface area contributed by atoms with Gasteiger partial charge in [-0.15, -0.1) is 0 Å². The van der Waals surface area contributed by atoms with E-state index in [1.807, 2.05) is 26.8 Å². The van der Waals surface area contributed by atoms with Gasteiger partial charge in [-0.25, -0.2) is 9.50 Å². The van der Waals surface area contributed by atoms with Gasteiger partial charge in [0.05, 0.1) is 5.69 Å². The number of aryl methyl sites for hydroxylation is 1. The lowest BCUT2D eigenvalue weighted by Gasteiger charge is -2.09. The summed E-state index contributed by atoms with van der Waals surface area (Å²) in [4.78, 5) is 15.8. The van der Waals surface area contributed by atoms with Gasteiger partial charge in [0, 0.05) is 31.4 Å². The van der Waals surface area contributed by atoms with Crippen molar-refractivity contribution in [2.24, 2.45) is 0 Å². The van der Waals surface area contributed by atoms with E-state index >= 15 is 0 Å². The summed E-state index contributed by atoms with van der Waals surface area (Å²) in [5.41, 5.74) is 1.86. The van der Waals surface area contributed by atoms with E-state index in [4.69, 9.17) is 0 Å². The molecule has 19 heavy (non-hydrogen) atoms. The van der Waals surface area contributed by atoms with Crippen LogP contribution in [0, 0.1) is 6.92 Å². The Kier molecular flexibility index (Phi) is 3.99. The monoisotopic (exact) mass is 261 g/mol. The minimum Gasteiger partial charge on any atom is -0.368 e. The van der Waals surface area contributed by atoms with Crippen LogP contribution in [0.5, 0.6) is 0 Å². The smallest absolute Gasteiger partial charge is 0.221 e. The van der Waals surface area contributed by atoms with E-state index in [2.05, 4.69) is 20.7 Å². The fourth-order valence-electron chi connectivity index (χ4n) is 1.87. The maximum Gasteiger partial charge on any atom is 0.221 e. The highest BCUT2D eigenvalue weighted by atomic mass is 16.1. The van der Waals surface area contributed by atoms with Crippen LogP contribution >= 0.6 is 0 Å². The lowest BCUT2D eigenvalue weighted by molar-refractivity contribution is -0.121. The molecule has 0 saturated carbocycles. The van der Waals surface area contributed by atoms with Crippen LogP contribution in [-0.2, 0) is 4.79 Å². The van der Waals surface area contributed by atoms with Gasteiger partial charge in [-0.2, -0.15) is 5.10 Å². The minimum atomic E-state index is 0.0409. The fraction of sp³-hybridized carbons (Fsp3) is 0.462. The molecule has 0 aliphatic carbocycles. The summed E-state index contributed by atoms with van der Waals surface area (Å²) < 4.78 is 1.78. The molecule has 0 aliphatic heterocycles. The van der Waals surface area contributed by atoms with Crippen LogP contribution in [0.25, 0.3) is 5.52 Å². The highest BCUT2D eigenvalue weighted by Gasteiger charge is 2.06. The van der Waals surface area contributed by atoms with Gasteiger partial charge in [-0.3, -0.25) is 4.79 Å². The van der Waals surface area contributed by atoms with E-state index in [0.717, 1.165) is 17.0 Å². The average Bonchev–Trinajstić information content (AvgIpc) is 2.69. The second-order valence-electron chi connectivity index (χ2n) is 4.79. The van der Waals surface area contributed by atoms with Gasteiger partial charge >= 0.3 is 0 Å². The van der Waals surface area contributed by atoms with Crippen LogP contribution in [0.1, 0.15) is 26.0 Å². The summed E-state index contributed by atoms with van der Waals surface area (Å²) in [7, 11) is 0. The van der Waals surface area contributed by atoms with E-state index in [1.165, 1.54) is 0 Å². The molecule has 6 nitrogen and oxygen atoms in total. The van der Waals surface area contributed by atoms with Crippen LogP contribution in [0.15, 0.2) is 18.5 Å². The molecular formula is C13H19N5O. The second kappa shape index (κ2) is 5.69. The molecule has 0 atom stereocenters. The molecule has 0 radical (unpaired) electrons. The largest absolute Gasteiger partial charge is 0.368 e. The molecule has 2 aromatic heterocycles. The number of carbonyl (C=O) groups is 1. The summed E-state index contributed by atoms with van der Waals surface area (Å²) in [6.45, 7) is 6.38. The van der Waals surface area contributed by atoms with Gasteiger partial charge in [0.2, 0.25) is 5.91 Å². The van der Waals surface area contributed by atoms with Crippen LogP contribution in [0.3, 0.4) is 0 Å². The van der Waals surface area contributed by atoms with Crippen molar-refractivity contribution in [2.75, 3.05) is 11.9 Å². The molecule has 0 bridgehead atoms. The van der Waals surface area contributed by atoms with Gasteiger partial charge in [-0.05, 0) is 26.8 Å². The summed E-state index contributed by atoms with van der Waals surface area (Å²) in [5, 5.41) is 10.3. The highest BCUT2D eigenvalue weighted by Crippen LogP contribution is 2.14. The zero-order valence-corrected chi connectivity index (χ0v) is 11.5. The van der Waals surface area contributed by atoms with Crippen molar-refractivity contribution in [3.8, 4) is 0 Å². The van der Waals surface area contributed by atoms with Crippen molar-refractivity contribution >= 4 is 17.2 Å². The van der Waals surface area contributed by atoms with Gasteiger partial charge in [0.1, 0.15) is 5.52 Å². The Hall–Kier alpha value is -2.11. The number of fused-ring (bicyclic) bond motifs is 1. The standard InChI is InChI=1S/C13H19N5O/c1-9(2)16-12(19)4-5-14-13-11-8-10(3)17-18(11)7-6-15-13/h6-9H,4-5H2,1-3H3,(H,14,15)(H,16,19). The normalized spacial score (nSPS) is 10.9. The number of nitrogens with one attached hydrogen (secondary N) is 2. The molecule has 2 rings (SSSR count). The Balaban J connectivity index is 1.96. The van der Waals surface area contributed by atoms with Crippen molar-refractivity contribution < 1.29 is 4.79 Å². The third kappa shape index (κ3) is 3.43. The van der Waals surface area contributed by atoms with Crippen LogP contribution in [0.2, 0.25) is 0 Å². The highest BCUT2D eigenvalue weighted by molar-refractivity contribution is 5.77. The van der Waals surface area contributed by atoms with E-state index in [0.29, 0.717) is 13.0 Å². The summed E-state index contributed by atoms with van der Waals surface area (Å²) >= 11 is 0. The topological polar surface area (TPSA) is 71.3 Å². The maximum atomic E-state index is 11.5. The first-order valence-electron chi connectivity index (χ1n) is 6.40. The number of nitrogens with zero attached hydrogens (tertiary/aromatic N) is 3. The lowest BCUT2D eigenvalue weighted by Crippen LogP contribution is -2.31. The maximum absolute atomic E-state index is 11.5. The van der Waals surface area contributed by atoms with Crippen LogP contribution < -0.4 is 10.6 Å². The summed E-state index contributed by atoms with van der Waals surface area (Å²) in [6.07, 6.45) is 3.92. The Morgan fingerprint density at radius 2 is 2.26 bits per heavy atom. The summed E-state index contributed by atoms with van der Waals surface area (Å²) in [5.74, 6) is 0.791. The number of hydrogen-bond acceptors (Lipinski definition) is 4. The summed E-state index contributed by atoms with van der Waals surface area (Å²) in [6, 6.07) is 2.13. The molecule has 2 aromatic rings. The van der Waals surface area contributed by atoms with Gasteiger partial charge in [-0.1, -0.05) is 0 Å². The predicted octanol–water partition coefficient (Wildman–Crippen LogP) is 1.36. The van der Waals surface area contributed by atoms with Gasteiger partial charge in [0.15, 0.2) is 5.82 Å². The molecule has 0 unspecified atom stereocenters. The number of aromatic nitrogens is 3. The lowest BCUT2D eigenvalue weighted by atomic mass is 10.3. The first-order valence-corrected chi connectivity index (χ1v) is 6.40. The van der Waals surface area contributed by atoms with Crippen molar-refractivity contribution in [2.45, 2.75) is 33.2 Å². The second-order valence-corrected chi connectivity index (χ2v) is 4.79. The molecule has 0 spiro atoms. The fourth-order valence-corrected chi connectivity index (χ4v) is 1.87. The number of carbonyl (C=O) groups excluding carboxylic acids is 1. The van der Waals surface area contributed by atoms with E-state index in [9.17, 15) is 4.79 Å². The van der Waals surface area contributed by atoms with E-state index in [1.54, 1.807) is 16.9 Å². The zero-order chi connectivity index (χ0) is 13.8. The molecule has 0 aromatic carbocycles. The number of amides is 1. The number of anilines is 1. The van der Waals surface area contributed by atoms with E-state index in [-0.39, 0.29) is 11.9 Å². The number of rotatable bonds is 5. The van der Waals surface area contributed by atoms with Gasteiger partial charge < -0.3 is 10.6 Å². The van der Waals surface area contributed by atoms with E-state index < -0.39 is 0 Å².